The molecule has 0 aromatic carbocycles. The number of esters is 1. The molecular formula is C26H50O3. The van der Waals surface area contributed by atoms with E-state index in [9.17, 15) is 9.59 Å². The fourth-order valence-corrected chi connectivity index (χ4v) is 3.09. The molecule has 0 spiro atoms. The number of ether oxygens (including phenoxy) is 1. The van der Waals surface area contributed by atoms with Crippen LogP contribution in [0.3, 0.4) is 0 Å². The summed E-state index contributed by atoms with van der Waals surface area (Å²) in [5.41, 5.74) is 0. The summed E-state index contributed by atoms with van der Waals surface area (Å²) >= 11 is 0. The molecule has 0 aromatic rings. The molecule has 0 saturated heterocycles. The lowest BCUT2D eigenvalue weighted by Gasteiger charge is -2.06. The van der Waals surface area contributed by atoms with Gasteiger partial charge in [0.25, 0.3) is 0 Å². The summed E-state index contributed by atoms with van der Waals surface area (Å²) in [6.07, 6.45) is 20.1. The zero-order valence-corrected chi connectivity index (χ0v) is 20.4. The van der Waals surface area contributed by atoms with Gasteiger partial charge in [-0.1, -0.05) is 84.3 Å². The lowest BCUT2D eigenvalue weighted by atomic mass is 10.1. The van der Waals surface area contributed by atoms with Crippen molar-refractivity contribution in [2.75, 3.05) is 0 Å². The smallest absolute Gasteiger partial charge is 0.306 e. The molecule has 1 aliphatic carbocycles. The van der Waals surface area contributed by atoms with Crippen LogP contribution in [0.15, 0.2) is 12.2 Å². The van der Waals surface area contributed by atoms with E-state index in [-0.39, 0.29) is 12.1 Å². The van der Waals surface area contributed by atoms with Crippen LogP contribution in [0.2, 0.25) is 0 Å². The summed E-state index contributed by atoms with van der Waals surface area (Å²) in [6.45, 7) is 12.2. The summed E-state index contributed by atoms with van der Waals surface area (Å²) in [4.78, 5) is 21.8. The number of hydrogen-bond donors (Lipinski definition) is 0. The zero-order chi connectivity index (χ0) is 22.3. The third-order valence-corrected chi connectivity index (χ3v) is 4.95. The number of unbranched alkanes of at least 4 members (excludes halogenated alkanes) is 5. The summed E-state index contributed by atoms with van der Waals surface area (Å²) in [5.74, 6) is 1.38. The second-order valence-electron chi connectivity index (χ2n) is 8.45. The van der Waals surface area contributed by atoms with Gasteiger partial charge in [-0.3, -0.25) is 9.59 Å². The van der Waals surface area contributed by atoms with E-state index < -0.39 is 0 Å². The maximum Gasteiger partial charge on any atom is 0.306 e. The second kappa shape index (κ2) is 23.2. The Morgan fingerprint density at radius 2 is 1.59 bits per heavy atom. The van der Waals surface area contributed by atoms with Crippen molar-refractivity contribution in [3.8, 4) is 0 Å². The van der Waals surface area contributed by atoms with Crippen molar-refractivity contribution in [2.45, 2.75) is 138 Å². The molecule has 172 valence electrons. The van der Waals surface area contributed by atoms with Crippen LogP contribution in [-0.2, 0) is 14.3 Å². The molecule has 1 fully saturated rings. The molecule has 29 heavy (non-hydrogen) atoms. The third kappa shape index (κ3) is 26.9. The summed E-state index contributed by atoms with van der Waals surface area (Å²) in [6, 6.07) is 0. The summed E-state index contributed by atoms with van der Waals surface area (Å²) < 4.78 is 4.97. The van der Waals surface area contributed by atoms with Gasteiger partial charge in [0.1, 0.15) is 5.78 Å². The number of carbonyl (C=O) groups is 2. The predicted octanol–water partition coefficient (Wildman–Crippen LogP) is 8.21. The predicted molar refractivity (Wildman–Crippen MR) is 126 cm³/mol. The molecule has 1 rings (SSSR count). The van der Waals surface area contributed by atoms with E-state index in [2.05, 4.69) is 19.9 Å². The maximum absolute atomic E-state index is 11.0. The first-order valence-corrected chi connectivity index (χ1v) is 12.2. The molecule has 3 nitrogen and oxygen atoms in total. The second-order valence-corrected chi connectivity index (χ2v) is 8.45. The third-order valence-electron chi connectivity index (χ3n) is 4.95. The molecule has 0 aromatic heterocycles. The van der Waals surface area contributed by atoms with Gasteiger partial charge in [-0.25, -0.2) is 0 Å². The maximum atomic E-state index is 11.0. The van der Waals surface area contributed by atoms with E-state index in [1.807, 2.05) is 33.8 Å². The average Bonchev–Trinajstić information content (AvgIpc) is 3.16. The Balaban J connectivity index is 0. The normalized spacial score (nSPS) is 13.6. The first kappa shape index (κ1) is 30.1. The average molecular weight is 411 g/mol. The lowest BCUT2D eigenvalue weighted by Crippen LogP contribution is -2.10. The molecule has 0 heterocycles. The number of hydrogen-bond acceptors (Lipinski definition) is 3. The Labute approximate surface area is 182 Å². The molecular weight excluding hydrogens is 360 g/mol. The Morgan fingerprint density at radius 1 is 0.966 bits per heavy atom. The van der Waals surface area contributed by atoms with Crippen LogP contribution in [0.5, 0.6) is 0 Å². The monoisotopic (exact) mass is 410 g/mol. The molecule has 0 aliphatic heterocycles. The van der Waals surface area contributed by atoms with Crippen LogP contribution < -0.4 is 0 Å². The van der Waals surface area contributed by atoms with Gasteiger partial charge < -0.3 is 4.74 Å². The topological polar surface area (TPSA) is 43.4 Å². The SMILES string of the molecule is C/C=C\CCCC(=O)OC(C)C.CC1CCCC1.CCCCCCCC(=O)CC. The zero-order valence-electron chi connectivity index (χ0n) is 20.4. The van der Waals surface area contributed by atoms with Gasteiger partial charge in [-0.05, 0) is 46.0 Å². The van der Waals surface area contributed by atoms with Crippen LogP contribution in [0.1, 0.15) is 131 Å². The number of rotatable bonds is 12. The standard InChI is InChI=1S/C10H18O2.C10H20O.C6H12/c1-4-5-6-7-8-10(11)12-9(2)3;1-3-5-6-7-8-9-10(11)4-2;1-6-4-2-3-5-6/h4-5,9H,6-8H2,1-3H3;3-9H2,1-2H3;6H,2-5H2,1H3/b5-4-;;. The minimum Gasteiger partial charge on any atom is -0.463 e. The molecule has 3 heteroatoms. The highest BCUT2D eigenvalue weighted by molar-refractivity contribution is 5.77. The largest absolute Gasteiger partial charge is 0.463 e. The quantitative estimate of drug-likeness (QED) is 0.185. The molecule has 0 atom stereocenters. The van der Waals surface area contributed by atoms with E-state index in [0.717, 1.165) is 31.6 Å². The van der Waals surface area contributed by atoms with E-state index in [4.69, 9.17) is 4.74 Å². The van der Waals surface area contributed by atoms with Crippen LogP contribution in [0, 0.1) is 5.92 Å². The van der Waals surface area contributed by atoms with Crippen molar-refractivity contribution >= 4 is 11.8 Å². The van der Waals surface area contributed by atoms with Crippen LogP contribution >= 0.6 is 0 Å². The highest BCUT2D eigenvalue weighted by atomic mass is 16.5. The molecule has 0 bridgehead atoms. The fourth-order valence-electron chi connectivity index (χ4n) is 3.09. The van der Waals surface area contributed by atoms with E-state index in [1.54, 1.807) is 0 Å². The van der Waals surface area contributed by atoms with E-state index in [1.165, 1.54) is 51.4 Å². The Morgan fingerprint density at radius 3 is 2.03 bits per heavy atom. The molecule has 1 aliphatic rings. The van der Waals surface area contributed by atoms with Gasteiger partial charge in [0.15, 0.2) is 0 Å². The summed E-state index contributed by atoms with van der Waals surface area (Å²) in [5, 5.41) is 0. The fraction of sp³-hybridized carbons (Fsp3) is 0.846. The molecule has 0 amide bonds. The van der Waals surface area contributed by atoms with Gasteiger partial charge in [-0.15, -0.1) is 0 Å². The molecule has 0 radical (unpaired) electrons. The Bertz CT molecular complexity index is 393. The van der Waals surface area contributed by atoms with Crippen LogP contribution in [-0.4, -0.2) is 17.9 Å². The number of Topliss-reactive ketones (excluding diaryl/α,β-unsaturated/α-hetero) is 1. The number of carbonyl (C=O) groups excluding carboxylic acids is 2. The Kier molecular flexibility index (Phi) is 24.0. The molecule has 0 N–H and O–H groups in total. The van der Waals surface area contributed by atoms with Crippen molar-refractivity contribution in [3.63, 3.8) is 0 Å². The minimum absolute atomic E-state index is 0.0132. The van der Waals surface area contributed by atoms with Crippen LogP contribution in [0.4, 0.5) is 0 Å². The number of allylic oxidation sites excluding steroid dienone is 2. The van der Waals surface area contributed by atoms with Gasteiger partial charge in [-0.2, -0.15) is 0 Å². The Hall–Kier alpha value is -1.12. The molecule has 0 unspecified atom stereocenters. The van der Waals surface area contributed by atoms with Gasteiger partial charge >= 0.3 is 5.97 Å². The lowest BCUT2D eigenvalue weighted by molar-refractivity contribution is -0.147. The van der Waals surface area contributed by atoms with E-state index >= 15 is 0 Å². The highest BCUT2D eigenvalue weighted by Gasteiger charge is 2.07. The van der Waals surface area contributed by atoms with Crippen molar-refractivity contribution in [2.24, 2.45) is 5.92 Å². The van der Waals surface area contributed by atoms with Gasteiger partial charge in [0.05, 0.1) is 6.10 Å². The molecule has 1 saturated carbocycles. The van der Waals surface area contributed by atoms with E-state index in [0.29, 0.717) is 18.6 Å². The van der Waals surface area contributed by atoms with Crippen molar-refractivity contribution in [3.05, 3.63) is 12.2 Å². The van der Waals surface area contributed by atoms with Crippen molar-refractivity contribution in [1.82, 2.24) is 0 Å². The minimum atomic E-state index is -0.0884. The first-order chi connectivity index (χ1) is 13.9. The van der Waals surface area contributed by atoms with Gasteiger partial charge in [0, 0.05) is 19.3 Å². The van der Waals surface area contributed by atoms with Crippen LogP contribution in [0.25, 0.3) is 0 Å². The van der Waals surface area contributed by atoms with Gasteiger partial charge in [0.2, 0.25) is 0 Å². The first-order valence-electron chi connectivity index (χ1n) is 12.2. The highest BCUT2D eigenvalue weighted by Crippen LogP contribution is 2.22. The summed E-state index contributed by atoms with van der Waals surface area (Å²) in [7, 11) is 0. The van der Waals surface area contributed by atoms with Crippen molar-refractivity contribution in [1.29, 1.82) is 0 Å². The number of ketones is 1. The van der Waals surface area contributed by atoms with Crippen molar-refractivity contribution < 1.29 is 14.3 Å².